The van der Waals surface area contributed by atoms with Gasteiger partial charge < -0.3 is 9.84 Å². The number of rotatable bonds is 4. The second kappa shape index (κ2) is 5.58. The van der Waals surface area contributed by atoms with Gasteiger partial charge in [0.15, 0.2) is 0 Å². The highest BCUT2D eigenvalue weighted by Crippen LogP contribution is 2.26. The highest BCUT2D eigenvalue weighted by Gasteiger charge is 2.14. The molecule has 4 heteroatoms. The zero-order valence-corrected chi connectivity index (χ0v) is 10.3. The van der Waals surface area contributed by atoms with Crippen LogP contribution in [0.25, 0.3) is 0 Å². The average molecular weight is 277 g/mol. The van der Waals surface area contributed by atoms with E-state index in [1.165, 1.54) is 7.11 Å². The van der Waals surface area contributed by atoms with Gasteiger partial charge in [-0.25, -0.2) is 4.39 Å². The minimum Gasteiger partial charge on any atom is -0.396 e. The summed E-state index contributed by atoms with van der Waals surface area (Å²) < 4.78 is 19.6. The topological polar surface area (TPSA) is 29.5 Å². The van der Waals surface area contributed by atoms with Gasteiger partial charge in [0.25, 0.3) is 0 Å². The molecule has 1 aromatic carbocycles. The Morgan fingerprint density at radius 2 is 2.20 bits per heavy atom. The molecule has 1 rings (SSSR count). The lowest BCUT2D eigenvalue weighted by molar-refractivity contribution is 0.181. The number of aliphatic hydroxyl groups is 1. The minimum atomic E-state index is -0.290. The van der Waals surface area contributed by atoms with E-state index in [4.69, 9.17) is 9.84 Å². The quantitative estimate of drug-likeness (QED) is 0.917. The van der Waals surface area contributed by atoms with Gasteiger partial charge in [0.05, 0.1) is 6.61 Å². The third-order valence-electron chi connectivity index (χ3n) is 2.25. The molecule has 1 unspecified atom stereocenters. The number of halogens is 2. The van der Waals surface area contributed by atoms with E-state index >= 15 is 0 Å². The zero-order chi connectivity index (χ0) is 11.4. The van der Waals surface area contributed by atoms with Crippen molar-refractivity contribution in [2.45, 2.75) is 19.4 Å². The molecule has 0 fully saturated rings. The van der Waals surface area contributed by atoms with E-state index < -0.39 is 0 Å². The predicted octanol–water partition coefficient (Wildman–Crippen LogP) is 2.83. The summed E-state index contributed by atoms with van der Waals surface area (Å²) in [6.45, 7) is 1.94. The van der Waals surface area contributed by atoms with Crippen LogP contribution in [0.5, 0.6) is 0 Å². The van der Waals surface area contributed by atoms with E-state index in [9.17, 15) is 4.39 Å². The number of hydrogen-bond acceptors (Lipinski definition) is 2. The van der Waals surface area contributed by atoms with Gasteiger partial charge in [-0.2, -0.15) is 0 Å². The van der Waals surface area contributed by atoms with Gasteiger partial charge in [-0.3, -0.25) is 0 Å². The number of hydrogen-bond donors (Lipinski definition) is 1. The Balaban J connectivity index is 3.15. The van der Waals surface area contributed by atoms with Gasteiger partial charge in [-0.15, -0.1) is 0 Å². The molecule has 84 valence electrons. The molecule has 0 aliphatic heterocycles. The molecule has 15 heavy (non-hydrogen) atoms. The van der Waals surface area contributed by atoms with E-state index in [-0.39, 0.29) is 24.9 Å². The highest BCUT2D eigenvalue weighted by molar-refractivity contribution is 9.10. The van der Waals surface area contributed by atoms with Crippen molar-refractivity contribution in [2.24, 2.45) is 0 Å². The molecule has 0 spiro atoms. The Kier molecular flexibility index (Phi) is 4.70. The SMILES string of the molecule is COCc1cc(Br)cc(C(C)CO)c1F. The molecule has 2 nitrogen and oxygen atoms in total. The van der Waals surface area contributed by atoms with Crippen LogP contribution in [0.2, 0.25) is 0 Å². The first kappa shape index (κ1) is 12.6. The summed E-state index contributed by atoms with van der Waals surface area (Å²) >= 11 is 3.31. The number of benzene rings is 1. The second-order valence-electron chi connectivity index (χ2n) is 3.48. The molecule has 0 radical (unpaired) electrons. The first-order chi connectivity index (χ1) is 7.10. The summed E-state index contributed by atoms with van der Waals surface area (Å²) in [5.41, 5.74) is 1.01. The predicted molar refractivity (Wildman–Crippen MR) is 60.3 cm³/mol. The van der Waals surface area contributed by atoms with E-state index in [1.54, 1.807) is 19.1 Å². The minimum absolute atomic E-state index is 0.0696. The van der Waals surface area contributed by atoms with Crippen LogP contribution in [0.3, 0.4) is 0 Å². The molecule has 0 amide bonds. The van der Waals surface area contributed by atoms with E-state index in [1.807, 2.05) is 0 Å². The van der Waals surface area contributed by atoms with Gasteiger partial charge >= 0.3 is 0 Å². The Morgan fingerprint density at radius 1 is 1.53 bits per heavy atom. The van der Waals surface area contributed by atoms with Gasteiger partial charge in [-0.1, -0.05) is 22.9 Å². The van der Waals surface area contributed by atoms with Crippen LogP contribution >= 0.6 is 15.9 Å². The lowest BCUT2D eigenvalue weighted by Crippen LogP contribution is -2.05. The van der Waals surface area contributed by atoms with Crippen LogP contribution in [-0.4, -0.2) is 18.8 Å². The van der Waals surface area contributed by atoms with Crippen molar-refractivity contribution in [1.29, 1.82) is 0 Å². The molecule has 0 aliphatic rings. The Hall–Kier alpha value is -0.450. The fourth-order valence-electron chi connectivity index (χ4n) is 1.39. The van der Waals surface area contributed by atoms with Crippen LogP contribution < -0.4 is 0 Å². The van der Waals surface area contributed by atoms with Crippen LogP contribution in [0, 0.1) is 5.82 Å². The van der Waals surface area contributed by atoms with Crippen molar-refractivity contribution < 1.29 is 14.2 Å². The monoisotopic (exact) mass is 276 g/mol. The number of methoxy groups -OCH3 is 1. The first-order valence-corrected chi connectivity index (χ1v) is 5.47. The van der Waals surface area contributed by atoms with Crippen molar-refractivity contribution in [3.63, 3.8) is 0 Å². The van der Waals surface area contributed by atoms with Gasteiger partial charge in [-0.05, 0) is 17.7 Å². The Labute approximate surface area is 97.2 Å². The number of aliphatic hydroxyl groups excluding tert-OH is 1. The average Bonchev–Trinajstić information content (AvgIpc) is 2.22. The molecule has 0 heterocycles. The molecule has 1 aromatic rings. The summed E-state index contributed by atoms with van der Waals surface area (Å²) in [5, 5.41) is 9.01. The molecule has 0 saturated carbocycles. The van der Waals surface area contributed by atoms with E-state index in [0.717, 1.165) is 4.47 Å². The van der Waals surface area contributed by atoms with Crippen LogP contribution in [-0.2, 0) is 11.3 Å². The summed E-state index contributed by atoms with van der Waals surface area (Å²) in [6, 6.07) is 3.38. The van der Waals surface area contributed by atoms with Crippen LogP contribution in [0.15, 0.2) is 16.6 Å². The number of ether oxygens (including phenoxy) is 1. The summed E-state index contributed by atoms with van der Waals surface area (Å²) in [4.78, 5) is 0. The Morgan fingerprint density at radius 3 is 2.73 bits per heavy atom. The maximum absolute atomic E-state index is 13.9. The van der Waals surface area contributed by atoms with Crippen LogP contribution in [0.1, 0.15) is 24.0 Å². The highest BCUT2D eigenvalue weighted by atomic mass is 79.9. The molecule has 1 atom stereocenters. The summed E-state index contributed by atoms with van der Waals surface area (Å²) in [7, 11) is 1.52. The Bertz CT molecular complexity index is 342. The molecular formula is C11H14BrFO2. The molecule has 1 N–H and O–H groups in total. The molecule has 0 aliphatic carbocycles. The van der Waals surface area contributed by atoms with Crippen molar-refractivity contribution in [1.82, 2.24) is 0 Å². The maximum Gasteiger partial charge on any atom is 0.132 e. The maximum atomic E-state index is 13.9. The normalized spacial score (nSPS) is 12.9. The summed E-state index contributed by atoms with van der Waals surface area (Å²) in [6.07, 6.45) is 0. The van der Waals surface area contributed by atoms with E-state index in [0.29, 0.717) is 11.1 Å². The lowest BCUT2D eigenvalue weighted by Gasteiger charge is -2.13. The van der Waals surface area contributed by atoms with E-state index in [2.05, 4.69) is 15.9 Å². The zero-order valence-electron chi connectivity index (χ0n) is 8.76. The fraction of sp³-hybridized carbons (Fsp3) is 0.455. The van der Waals surface area contributed by atoms with Gasteiger partial charge in [0.2, 0.25) is 0 Å². The van der Waals surface area contributed by atoms with Crippen LogP contribution in [0.4, 0.5) is 4.39 Å². The van der Waals surface area contributed by atoms with Crippen molar-refractivity contribution >= 4 is 15.9 Å². The molecule has 0 saturated heterocycles. The third-order valence-corrected chi connectivity index (χ3v) is 2.70. The molecule has 0 aromatic heterocycles. The molecular weight excluding hydrogens is 263 g/mol. The van der Waals surface area contributed by atoms with Crippen molar-refractivity contribution in [2.75, 3.05) is 13.7 Å². The van der Waals surface area contributed by atoms with Crippen molar-refractivity contribution in [3.05, 3.63) is 33.5 Å². The van der Waals surface area contributed by atoms with Gasteiger partial charge in [0.1, 0.15) is 5.82 Å². The first-order valence-electron chi connectivity index (χ1n) is 4.67. The van der Waals surface area contributed by atoms with Crippen molar-refractivity contribution in [3.8, 4) is 0 Å². The fourth-order valence-corrected chi connectivity index (χ4v) is 1.91. The summed E-state index contributed by atoms with van der Waals surface area (Å²) in [5.74, 6) is -0.500. The largest absolute Gasteiger partial charge is 0.396 e. The third kappa shape index (κ3) is 3.00. The molecule has 0 bridgehead atoms. The lowest BCUT2D eigenvalue weighted by atomic mass is 9.99. The standard InChI is InChI=1S/C11H14BrFO2/c1-7(5-14)10-4-9(12)3-8(6-15-2)11(10)13/h3-4,7,14H,5-6H2,1-2H3. The second-order valence-corrected chi connectivity index (χ2v) is 4.40. The smallest absolute Gasteiger partial charge is 0.132 e. The van der Waals surface area contributed by atoms with Gasteiger partial charge in [0, 0.05) is 29.7 Å².